The van der Waals surface area contributed by atoms with Crippen molar-refractivity contribution >= 4 is 11.0 Å². The fourth-order valence-electron chi connectivity index (χ4n) is 3.68. The molecule has 1 N–H and O–H groups in total. The number of nitrogens with one attached hydrogen (secondary N) is 1. The van der Waals surface area contributed by atoms with E-state index in [0.29, 0.717) is 17.4 Å². The Morgan fingerprint density at radius 2 is 2.11 bits per heavy atom. The van der Waals surface area contributed by atoms with Crippen molar-refractivity contribution in [1.82, 2.24) is 24.5 Å². The summed E-state index contributed by atoms with van der Waals surface area (Å²) in [6.07, 6.45) is 2.55. The first-order chi connectivity index (χ1) is 13.0. The van der Waals surface area contributed by atoms with Crippen molar-refractivity contribution in [2.75, 3.05) is 26.7 Å². The first-order valence-corrected chi connectivity index (χ1v) is 9.18. The van der Waals surface area contributed by atoms with Crippen molar-refractivity contribution in [2.45, 2.75) is 25.9 Å². The summed E-state index contributed by atoms with van der Waals surface area (Å²) in [5.41, 5.74) is 0.777. The highest BCUT2D eigenvalue weighted by Gasteiger charge is 2.23. The van der Waals surface area contributed by atoms with Gasteiger partial charge in [-0.3, -0.25) is 14.7 Å². The van der Waals surface area contributed by atoms with Crippen molar-refractivity contribution in [2.24, 2.45) is 0 Å². The van der Waals surface area contributed by atoms with E-state index in [4.69, 9.17) is 4.52 Å². The molecule has 2 aromatic heterocycles. The maximum Gasteiger partial charge on any atom is 0.334 e. The van der Waals surface area contributed by atoms with Crippen LogP contribution < -0.4 is 11.2 Å². The molecule has 0 spiro atoms. The van der Waals surface area contributed by atoms with E-state index in [2.05, 4.69) is 33.9 Å². The number of nitrogens with zero attached hydrogens (tertiary/aromatic N) is 4. The molecule has 1 unspecified atom stereocenters. The highest BCUT2D eigenvalue weighted by molar-refractivity contribution is 5.84. The fourth-order valence-corrected chi connectivity index (χ4v) is 3.68. The molecule has 3 aromatic rings. The zero-order valence-electron chi connectivity index (χ0n) is 15.5. The number of H-pyrrole nitrogens is 1. The first-order valence-electron chi connectivity index (χ1n) is 9.18. The van der Waals surface area contributed by atoms with Crippen LogP contribution in [0.2, 0.25) is 0 Å². The number of hydrogen-bond acceptors (Lipinski definition) is 6. The Labute approximate surface area is 156 Å². The normalized spacial score (nSPS) is 19.0. The molecule has 1 atom stereocenters. The number of piperazine rings is 1. The Morgan fingerprint density at radius 1 is 1.26 bits per heavy atom. The lowest BCUT2D eigenvalue weighted by Crippen LogP contribution is -2.50. The summed E-state index contributed by atoms with van der Waals surface area (Å²) in [4.78, 5) is 30.5. The van der Waals surface area contributed by atoms with E-state index in [1.807, 2.05) is 18.2 Å². The summed E-state index contributed by atoms with van der Waals surface area (Å²) < 4.78 is 6.65. The molecule has 8 heteroatoms. The molecule has 142 valence electrons. The fraction of sp³-hybridized carbons (Fsp3) is 0.421. The predicted octanol–water partition coefficient (Wildman–Crippen LogP) is 1.19. The van der Waals surface area contributed by atoms with Crippen LogP contribution in [0.15, 0.2) is 44.6 Å². The number of aromatic amines is 1. The van der Waals surface area contributed by atoms with Crippen molar-refractivity contribution in [3.05, 3.63) is 56.9 Å². The van der Waals surface area contributed by atoms with Crippen LogP contribution in [-0.4, -0.2) is 57.2 Å². The molecule has 4 rings (SSSR count). The second-order valence-electron chi connectivity index (χ2n) is 7.09. The summed E-state index contributed by atoms with van der Waals surface area (Å²) in [6.45, 7) is 6.20. The maximum absolute atomic E-state index is 12.1. The molecule has 1 aromatic carbocycles. The van der Waals surface area contributed by atoms with Crippen LogP contribution in [0.5, 0.6) is 0 Å². The second kappa shape index (κ2) is 7.13. The standard InChI is InChI=1S/C19H23N5O3/c1-3-14-12-23(9-8-22(14)2)11-13-4-5-16-15(10-13)18(21-27-16)24-7-6-17(25)20-19(24)26/h4-7,10,14H,3,8-9,11-12H2,1-2H3,(H,20,25,26). The molecule has 1 aliphatic rings. The number of benzene rings is 1. The zero-order chi connectivity index (χ0) is 19.0. The lowest BCUT2D eigenvalue weighted by atomic mass is 10.1. The molecule has 1 fully saturated rings. The smallest absolute Gasteiger partial charge is 0.334 e. The summed E-state index contributed by atoms with van der Waals surface area (Å²) in [6, 6.07) is 7.80. The van der Waals surface area contributed by atoms with Gasteiger partial charge in [-0.15, -0.1) is 0 Å². The van der Waals surface area contributed by atoms with E-state index >= 15 is 0 Å². The van der Waals surface area contributed by atoms with Crippen molar-refractivity contribution in [1.29, 1.82) is 0 Å². The van der Waals surface area contributed by atoms with Crippen molar-refractivity contribution in [3.8, 4) is 5.82 Å². The van der Waals surface area contributed by atoms with Crippen LogP contribution in [0.4, 0.5) is 0 Å². The van der Waals surface area contributed by atoms with Crippen molar-refractivity contribution in [3.63, 3.8) is 0 Å². The Hall–Kier alpha value is -2.71. The molecule has 3 heterocycles. The number of fused-ring (bicyclic) bond motifs is 1. The molecule has 0 radical (unpaired) electrons. The van der Waals surface area contributed by atoms with Gasteiger partial charge < -0.3 is 9.42 Å². The molecule has 0 aliphatic carbocycles. The third-order valence-corrected chi connectivity index (χ3v) is 5.31. The monoisotopic (exact) mass is 369 g/mol. The number of hydrogen-bond donors (Lipinski definition) is 1. The van der Waals surface area contributed by atoms with Gasteiger partial charge in [-0.05, 0) is 31.2 Å². The summed E-state index contributed by atoms with van der Waals surface area (Å²) in [7, 11) is 2.18. The molecular weight excluding hydrogens is 346 g/mol. The molecule has 0 amide bonds. The first kappa shape index (κ1) is 17.7. The minimum absolute atomic E-state index is 0.387. The minimum Gasteiger partial charge on any atom is -0.354 e. The van der Waals surface area contributed by atoms with Gasteiger partial charge in [0, 0.05) is 44.5 Å². The quantitative estimate of drug-likeness (QED) is 0.743. The molecule has 27 heavy (non-hydrogen) atoms. The van der Waals surface area contributed by atoms with E-state index in [1.54, 1.807) is 0 Å². The Balaban J connectivity index is 1.64. The Kier molecular flexibility index (Phi) is 4.67. The largest absolute Gasteiger partial charge is 0.354 e. The topological polar surface area (TPSA) is 87.4 Å². The average Bonchev–Trinajstić information content (AvgIpc) is 3.06. The average molecular weight is 369 g/mol. The summed E-state index contributed by atoms with van der Waals surface area (Å²) in [5.74, 6) is 0.387. The van der Waals surface area contributed by atoms with Gasteiger partial charge in [0.15, 0.2) is 11.4 Å². The number of rotatable bonds is 4. The molecule has 1 saturated heterocycles. The van der Waals surface area contributed by atoms with Crippen LogP contribution in [0, 0.1) is 0 Å². The molecule has 1 aliphatic heterocycles. The van der Waals surface area contributed by atoms with Gasteiger partial charge in [-0.2, -0.15) is 0 Å². The van der Waals surface area contributed by atoms with E-state index in [1.165, 1.54) is 16.8 Å². The van der Waals surface area contributed by atoms with Gasteiger partial charge in [0.1, 0.15) is 0 Å². The van der Waals surface area contributed by atoms with Gasteiger partial charge in [0.2, 0.25) is 0 Å². The number of likely N-dealkylation sites (N-methyl/N-ethyl adjacent to an activating group) is 1. The number of aromatic nitrogens is 3. The third kappa shape index (κ3) is 3.45. The van der Waals surface area contributed by atoms with E-state index in [-0.39, 0.29) is 0 Å². The molecule has 8 nitrogen and oxygen atoms in total. The molecular formula is C19H23N5O3. The Morgan fingerprint density at radius 3 is 2.89 bits per heavy atom. The van der Waals surface area contributed by atoms with Gasteiger partial charge in [0.05, 0.1) is 5.39 Å². The van der Waals surface area contributed by atoms with Crippen LogP contribution in [0.1, 0.15) is 18.9 Å². The van der Waals surface area contributed by atoms with E-state index < -0.39 is 11.2 Å². The minimum atomic E-state index is -0.534. The van der Waals surface area contributed by atoms with Crippen LogP contribution in [-0.2, 0) is 6.54 Å². The van der Waals surface area contributed by atoms with Gasteiger partial charge in [0.25, 0.3) is 5.56 Å². The maximum atomic E-state index is 12.1. The van der Waals surface area contributed by atoms with E-state index in [9.17, 15) is 9.59 Å². The predicted molar refractivity (Wildman–Crippen MR) is 102 cm³/mol. The highest BCUT2D eigenvalue weighted by Crippen LogP contribution is 2.23. The Bertz CT molecular complexity index is 1070. The van der Waals surface area contributed by atoms with E-state index in [0.717, 1.165) is 43.5 Å². The second-order valence-corrected chi connectivity index (χ2v) is 7.09. The van der Waals surface area contributed by atoms with Gasteiger partial charge >= 0.3 is 5.69 Å². The zero-order valence-corrected chi connectivity index (χ0v) is 15.5. The molecule has 0 saturated carbocycles. The van der Waals surface area contributed by atoms with Crippen LogP contribution in [0.25, 0.3) is 16.8 Å². The third-order valence-electron chi connectivity index (χ3n) is 5.31. The SMILES string of the molecule is CCC1CN(Cc2ccc3onc(-n4ccc(=O)[nH]c4=O)c3c2)CCN1C. The lowest BCUT2D eigenvalue weighted by Gasteiger charge is -2.39. The molecule has 0 bridgehead atoms. The summed E-state index contributed by atoms with van der Waals surface area (Å²) >= 11 is 0. The highest BCUT2D eigenvalue weighted by atomic mass is 16.5. The van der Waals surface area contributed by atoms with Gasteiger partial charge in [-0.1, -0.05) is 18.1 Å². The van der Waals surface area contributed by atoms with Crippen LogP contribution >= 0.6 is 0 Å². The van der Waals surface area contributed by atoms with Crippen molar-refractivity contribution < 1.29 is 4.52 Å². The lowest BCUT2D eigenvalue weighted by molar-refractivity contribution is 0.0884. The van der Waals surface area contributed by atoms with Gasteiger partial charge in [-0.25, -0.2) is 9.36 Å². The summed E-state index contributed by atoms with van der Waals surface area (Å²) in [5, 5.41) is 4.78. The van der Waals surface area contributed by atoms with Crippen LogP contribution in [0.3, 0.4) is 0 Å².